The van der Waals surface area contributed by atoms with E-state index in [-0.39, 0.29) is 31.8 Å². The van der Waals surface area contributed by atoms with Crippen LogP contribution in [0.25, 0.3) is 0 Å². The quantitative estimate of drug-likeness (QED) is 0.656. The third-order valence-corrected chi connectivity index (χ3v) is 5.50. The van der Waals surface area contributed by atoms with E-state index in [0.717, 1.165) is 35.9 Å². The lowest BCUT2D eigenvalue weighted by atomic mass is 10.1. The molecule has 2 aromatic rings. The molecule has 2 aromatic heterocycles. The van der Waals surface area contributed by atoms with Crippen LogP contribution in [0, 0.1) is 6.92 Å². The van der Waals surface area contributed by atoms with Crippen molar-refractivity contribution in [1.82, 2.24) is 24.6 Å². The molecule has 1 fully saturated rings. The highest BCUT2D eigenvalue weighted by atomic mass is 19.4. The summed E-state index contributed by atoms with van der Waals surface area (Å²) in [6.45, 7) is 4.16. The molecule has 0 saturated carbocycles. The zero-order chi connectivity index (χ0) is 25.3. The monoisotopic (exact) mass is 493 g/mol. The molecule has 0 unspecified atom stereocenters. The van der Waals surface area contributed by atoms with E-state index in [1.54, 1.807) is 0 Å². The fourth-order valence-corrected chi connectivity index (χ4v) is 3.69. The maximum absolute atomic E-state index is 13.3. The van der Waals surface area contributed by atoms with E-state index in [1.165, 1.54) is 4.90 Å². The molecule has 2 aliphatic rings. The number of carbonyl (C=O) groups is 2. The molecule has 0 bridgehead atoms. The Hall–Kier alpha value is -3.03. The summed E-state index contributed by atoms with van der Waals surface area (Å²) in [5, 5.41) is 11.5. The van der Waals surface area contributed by atoms with Crippen LogP contribution in [-0.4, -0.2) is 73.3 Å². The number of rotatable bonds is 3. The summed E-state index contributed by atoms with van der Waals surface area (Å²) >= 11 is 0. The molecule has 14 heteroatoms. The molecular weight excluding hydrogens is 469 g/mol. The second-order valence-corrected chi connectivity index (χ2v) is 8.20. The predicted molar refractivity (Wildman–Crippen MR) is 106 cm³/mol. The van der Waals surface area contributed by atoms with E-state index < -0.39 is 24.0 Å². The topological polar surface area (TPSA) is 105 Å². The third kappa shape index (κ3) is 6.30. The first kappa shape index (κ1) is 25.6. The van der Waals surface area contributed by atoms with Crippen molar-refractivity contribution in [2.24, 2.45) is 7.05 Å². The zero-order valence-electron chi connectivity index (χ0n) is 18.5. The van der Waals surface area contributed by atoms with Crippen LogP contribution in [0.15, 0.2) is 10.5 Å². The van der Waals surface area contributed by atoms with E-state index in [1.807, 2.05) is 18.7 Å². The van der Waals surface area contributed by atoms with Crippen LogP contribution < -0.4 is 0 Å². The Morgan fingerprint density at radius 1 is 1.21 bits per heavy atom. The molecule has 2 aliphatic heterocycles. The maximum Gasteiger partial charge on any atom is 0.490 e. The van der Waals surface area contributed by atoms with Crippen LogP contribution in [0.5, 0.6) is 0 Å². The molecule has 0 spiro atoms. The Bertz CT molecular complexity index is 1040. The van der Waals surface area contributed by atoms with Gasteiger partial charge in [0.15, 0.2) is 0 Å². The number of nitrogens with zero attached hydrogens (tertiary/aromatic N) is 5. The number of alkyl halides is 5. The number of fused-ring (bicyclic) bond motifs is 1. The van der Waals surface area contributed by atoms with E-state index in [4.69, 9.17) is 14.3 Å². The van der Waals surface area contributed by atoms with Gasteiger partial charge in [-0.3, -0.25) is 14.4 Å². The highest BCUT2D eigenvalue weighted by molar-refractivity contribution is 5.89. The molecule has 34 heavy (non-hydrogen) atoms. The van der Waals surface area contributed by atoms with Gasteiger partial charge in [0.2, 0.25) is 0 Å². The number of carbonyl (C=O) groups excluding carboxylic acids is 1. The number of piperidine rings is 1. The Morgan fingerprint density at radius 3 is 2.35 bits per heavy atom. The average molecular weight is 493 g/mol. The summed E-state index contributed by atoms with van der Waals surface area (Å²) in [5.74, 6) is -5.10. The van der Waals surface area contributed by atoms with Crippen LogP contribution in [0.1, 0.15) is 46.4 Å². The molecule has 1 N–H and O–H groups in total. The van der Waals surface area contributed by atoms with Gasteiger partial charge in [0, 0.05) is 59.0 Å². The van der Waals surface area contributed by atoms with Gasteiger partial charge in [-0.2, -0.15) is 18.3 Å². The smallest absolute Gasteiger partial charge is 0.475 e. The Kier molecular flexibility index (Phi) is 7.29. The lowest BCUT2D eigenvalue weighted by molar-refractivity contribution is -0.192. The summed E-state index contributed by atoms with van der Waals surface area (Å²) < 4.78 is 65.9. The van der Waals surface area contributed by atoms with Gasteiger partial charge < -0.3 is 14.4 Å². The van der Waals surface area contributed by atoms with Crippen molar-refractivity contribution in [3.8, 4) is 0 Å². The molecule has 1 amide bonds. The van der Waals surface area contributed by atoms with E-state index in [0.29, 0.717) is 13.0 Å². The number of aromatic nitrogens is 3. The number of aliphatic carboxylic acids is 1. The highest BCUT2D eigenvalue weighted by Gasteiger charge is 2.38. The highest BCUT2D eigenvalue weighted by Crippen LogP contribution is 2.29. The van der Waals surface area contributed by atoms with Crippen LogP contribution in [0.4, 0.5) is 22.0 Å². The zero-order valence-corrected chi connectivity index (χ0v) is 18.5. The molecule has 1 saturated heterocycles. The van der Waals surface area contributed by atoms with Crippen molar-refractivity contribution in [3.05, 3.63) is 34.8 Å². The first-order valence-corrected chi connectivity index (χ1v) is 10.4. The summed E-state index contributed by atoms with van der Waals surface area (Å²) in [4.78, 5) is 29.5. The molecular formula is C20H24F5N5O4. The first-order chi connectivity index (χ1) is 15.7. The number of halogens is 5. The average Bonchev–Trinajstić information content (AvgIpc) is 3.29. The normalized spacial score (nSPS) is 18.1. The SMILES string of the molecule is Cc1cc(CN2CCc3oc(C(=O)N4CCC(F)(F)CC4)nc3C2)n(C)n1.O=C(O)C(F)(F)F. The Labute approximate surface area is 191 Å². The van der Waals surface area contributed by atoms with Crippen molar-refractivity contribution in [2.75, 3.05) is 19.6 Å². The number of oxazole rings is 1. The predicted octanol–water partition coefficient (Wildman–Crippen LogP) is 2.78. The standard InChI is InChI=1S/C18H23F2N5O2.C2HF3O2/c1-12-9-13(23(2)22-12)10-24-6-3-15-14(11-24)21-16(27-15)17(26)25-7-4-18(19,20)5-8-25;3-2(4,5)1(6)7/h9H,3-8,10-11H2,1-2H3;(H,6,7). The summed E-state index contributed by atoms with van der Waals surface area (Å²) in [6, 6.07) is 2.05. The second kappa shape index (κ2) is 9.68. The van der Waals surface area contributed by atoms with Crippen LogP contribution in [0.2, 0.25) is 0 Å². The van der Waals surface area contributed by atoms with Crippen LogP contribution >= 0.6 is 0 Å². The lowest BCUT2D eigenvalue weighted by Crippen LogP contribution is -2.42. The summed E-state index contributed by atoms with van der Waals surface area (Å²) in [5.41, 5.74) is 2.85. The molecule has 4 rings (SSSR count). The minimum absolute atomic E-state index is 0.0171. The third-order valence-electron chi connectivity index (χ3n) is 5.50. The van der Waals surface area contributed by atoms with Crippen molar-refractivity contribution in [2.45, 2.75) is 51.4 Å². The fraction of sp³-hybridized carbons (Fsp3) is 0.600. The van der Waals surface area contributed by atoms with Crippen molar-refractivity contribution < 1.29 is 41.1 Å². The van der Waals surface area contributed by atoms with Gasteiger partial charge >= 0.3 is 18.1 Å². The van der Waals surface area contributed by atoms with Crippen molar-refractivity contribution >= 4 is 11.9 Å². The number of carboxylic acids is 1. The van der Waals surface area contributed by atoms with Crippen molar-refractivity contribution in [1.29, 1.82) is 0 Å². The van der Waals surface area contributed by atoms with E-state index in [9.17, 15) is 26.7 Å². The minimum Gasteiger partial charge on any atom is -0.475 e. The van der Waals surface area contributed by atoms with E-state index >= 15 is 0 Å². The lowest BCUT2D eigenvalue weighted by Gasteiger charge is -2.30. The summed E-state index contributed by atoms with van der Waals surface area (Å²) in [6.07, 6.45) is -5.03. The number of aryl methyl sites for hydroxylation is 2. The second-order valence-electron chi connectivity index (χ2n) is 8.20. The molecule has 0 aromatic carbocycles. The molecule has 0 aliphatic carbocycles. The number of carboxylic acid groups (broad SMARTS) is 1. The first-order valence-electron chi connectivity index (χ1n) is 10.4. The van der Waals surface area contributed by atoms with Gasteiger partial charge in [-0.25, -0.2) is 18.6 Å². The van der Waals surface area contributed by atoms with Crippen molar-refractivity contribution in [3.63, 3.8) is 0 Å². The number of likely N-dealkylation sites (tertiary alicyclic amines) is 1. The number of hydrogen-bond acceptors (Lipinski definition) is 6. The Morgan fingerprint density at radius 2 is 1.82 bits per heavy atom. The number of amides is 1. The molecule has 0 radical (unpaired) electrons. The number of hydrogen-bond donors (Lipinski definition) is 1. The van der Waals surface area contributed by atoms with E-state index in [2.05, 4.69) is 21.0 Å². The fourth-order valence-electron chi connectivity index (χ4n) is 3.69. The van der Waals surface area contributed by atoms with Gasteiger partial charge in [-0.15, -0.1) is 0 Å². The van der Waals surface area contributed by atoms with Gasteiger partial charge in [-0.05, 0) is 13.0 Å². The largest absolute Gasteiger partial charge is 0.490 e. The molecule has 9 nitrogen and oxygen atoms in total. The van der Waals surface area contributed by atoms with Gasteiger partial charge in [0.05, 0.1) is 17.1 Å². The molecule has 0 atom stereocenters. The molecule has 4 heterocycles. The minimum atomic E-state index is -5.08. The van der Waals surface area contributed by atoms with Gasteiger partial charge in [-0.1, -0.05) is 0 Å². The Balaban J connectivity index is 0.000000406. The van der Waals surface area contributed by atoms with Crippen LogP contribution in [-0.2, 0) is 31.4 Å². The van der Waals surface area contributed by atoms with Gasteiger partial charge in [0.1, 0.15) is 5.76 Å². The van der Waals surface area contributed by atoms with Gasteiger partial charge in [0.25, 0.3) is 11.8 Å². The van der Waals surface area contributed by atoms with Crippen LogP contribution in [0.3, 0.4) is 0 Å². The molecule has 188 valence electrons. The maximum atomic E-state index is 13.3. The summed E-state index contributed by atoms with van der Waals surface area (Å²) in [7, 11) is 1.92.